The van der Waals surface area contributed by atoms with Gasteiger partial charge in [0.1, 0.15) is 85.4 Å². The van der Waals surface area contributed by atoms with Crippen molar-refractivity contribution in [3.8, 4) is 0 Å². The van der Waals surface area contributed by atoms with Gasteiger partial charge in [-0.2, -0.15) is 0 Å². The highest BCUT2D eigenvalue weighted by atomic mass is 79.9. The first-order valence-corrected chi connectivity index (χ1v) is 35.2. The molecule has 0 N–H and O–H groups in total. The lowest BCUT2D eigenvalue weighted by atomic mass is 10.1. The van der Waals surface area contributed by atoms with E-state index >= 15 is 0 Å². The Kier molecular flexibility index (Phi) is 22.0. The van der Waals surface area contributed by atoms with E-state index in [4.69, 9.17) is 0 Å². The van der Waals surface area contributed by atoms with Gasteiger partial charge in [-0.1, -0.05) is 255 Å². The number of hydrogen-bond acceptors (Lipinski definition) is 0. The van der Waals surface area contributed by atoms with Crippen molar-refractivity contribution in [2.45, 2.75) is 0 Å². The minimum atomic E-state index is -2.01. The van der Waals surface area contributed by atoms with Gasteiger partial charge in [0.2, 0.25) is 0 Å². The van der Waals surface area contributed by atoms with Crippen LogP contribution in [0.25, 0.3) is 32.3 Å². The predicted molar refractivity (Wildman–Crippen MR) is 386 cm³/mol. The summed E-state index contributed by atoms with van der Waals surface area (Å²) < 4.78 is 0. The first-order valence-electron chi connectivity index (χ1n) is 29.8. The van der Waals surface area contributed by atoms with Gasteiger partial charge < -0.3 is 50.9 Å². The van der Waals surface area contributed by atoms with Crippen molar-refractivity contribution in [1.82, 2.24) is 0 Å². The molecule has 0 nitrogen and oxygen atoms in total. The SMILES string of the molecule is [Br-].[Br-].[Br-].c1ccc([P+](c2ccccc2)(c2ccccc2)c2ccc3ccccc3c2)cc1.c1ccc([P+](c2ccccc2)(c2ccccc2)c2ccc3ccccc3c2)cc1.c1ccc([P+](c2ccccc2)(c2ccccc2)c2ccc3ccccc3c2)cc1. The summed E-state index contributed by atoms with van der Waals surface area (Å²) in [7, 11) is -6.03. The second-order valence-electron chi connectivity index (χ2n) is 21.6. The smallest absolute Gasteiger partial charge is 0.144 e. The summed E-state index contributed by atoms with van der Waals surface area (Å²) in [6.07, 6.45) is 0. The summed E-state index contributed by atoms with van der Waals surface area (Å²) >= 11 is 0. The molecule has 0 aliphatic heterocycles. The van der Waals surface area contributed by atoms with E-state index in [0.29, 0.717) is 0 Å². The number of rotatable bonds is 12. The fourth-order valence-corrected chi connectivity index (χ4v) is 25.5. The van der Waals surface area contributed by atoms with Crippen LogP contribution < -0.4 is 115 Å². The van der Waals surface area contributed by atoms with Crippen LogP contribution in [0.4, 0.5) is 0 Å². The third-order valence-corrected chi connectivity index (χ3v) is 29.5. The largest absolute Gasteiger partial charge is 1.00 e. The quantitative estimate of drug-likeness (QED) is 0.112. The van der Waals surface area contributed by atoms with Crippen molar-refractivity contribution in [3.63, 3.8) is 0 Å². The van der Waals surface area contributed by atoms with Crippen LogP contribution in [-0.2, 0) is 0 Å². The summed E-state index contributed by atoms with van der Waals surface area (Å²) in [6, 6.07) is 146. The molecule has 15 rings (SSSR count). The molecule has 90 heavy (non-hydrogen) atoms. The molecule has 0 aliphatic rings. The molecule has 0 aromatic heterocycles. The molecule has 0 heterocycles. The highest BCUT2D eigenvalue weighted by molar-refractivity contribution is 8.02. The van der Waals surface area contributed by atoms with Gasteiger partial charge in [-0.15, -0.1) is 0 Å². The van der Waals surface area contributed by atoms with Gasteiger partial charge in [0.15, 0.2) is 0 Å². The normalized spacial score (nSPS) is 11.1. The minimum Gasteiger partial charge on any atom is -1.00 e. The van der Waals surface area contributed by atoms with Crippen molar-refractivity contribution in [3.05, 3.63) is 400 Å². The van der Waals surface area contributed by atoms with Crippen LogP contribution in [0.2, 0.25) is 0 Å². The van der Waals surface area contributed by atoms with Crippen LogP contribution in [0.3, 0.4) is 0 Å². The van der Waals surface area contributed by atoms with E-state index in [2.05, 4.69) is 400 Å². The molecule has 0 amide bonds. The van der Waals surface area contributed by atoms with Crippen LogP contribution in [0, 0.1) is 0 Å². The molecule has 0 saturated carbocycles. The predicted octanol–water partition coefficient (Wildman–Crippen LogP) is 7.39. The summed E-state index contributed by atoms with van der Waals surface area (Å²) in [6.45, 7) is 0. The van der Waals surface area contributed by atoms with E-state index in [0.717, 1.165) is 0 Å². The molecule has 15 aromatic rings. The number of benzene rings is 15. The Labute approximate surface area is 564 Å². The van der Waals surface area contributed by atoms with Gasteiger partial charge in [-0.25, -0.2) is 0 Å². The summed E-state index contributed by atoms with van der Waals surface area (Å²) in [5.41, 5.74) is 0. The van der Waals surface area contributed by atoms with Crippen LogP contribution >= 0.6 is 21.8 Å². The molecule has 0 unspecified atom stereocenters. The molecule has 0 bridgehead atoms. The summed E-state index contributed by atoms with van der Waals surface area (Å²) in [5.74, 6) is 0. The lowest BCUT2D eigenvalue weighted by Gasteiger charge is -2.27. The molecule has 0 spiro atoms. The third kappa shape index (κ3) is 12.9. The number of hydrogen-bond donors (Lipinski definition) is 0. The van der Waals surface area contributed by atoms with Crippen molar-refractivity contribution in [1.29, 1.82) is 0 Å². The highest BCUT2D eigenvalue weighted by Gasteiger charge is 2.50. The van der Waals surface area contributed by atoms with Gasteiger partial charge in [0.05, 0.1) is 0 Å². The molecule has 15 aromatic carbocycles. The van der Waals surface area contributed by atoms with E-state index in [9.17, 15) is 0 Å². The van der Waals surface area contributed by atoms with Crippen molar-refractivity contribution < 1.29 is 50.9 Å². The zero-order chi connectivity index (χ0) is 58.6. The molecule has 0 saturated heterocycles. The van der Waals surface area contributed by atoms with Crippen LogP contribution in [0.15, 0.2) is 400 Å². The molecular formula is C84H66Br3P3. The zero-order valence-corrected chi connectivity index (χ0v) is 57.0. The van der Waals surface area contributed by atoms with Crippen molar-refractivity contribution >= 4 is 118 Å². The van der Waals surface area contributed by atoms with Gasteiger partial charge in [0.25, 0.3) is 0 Å². The average molecular weight is 1410 g/mol. The Morgan fingerprint density at radius 2 is 0.244 bits per heavy atom. The lowest BCUT2D eigenvalue weighted by molar-refractivity contribution is -0.00100. The van der Waals surface area contributed by atoms with Crippen molar-refractivity contribution in [2.24, 2.45) is 0 Å². The van der Waals surface area contributed by atoms with Gasteiger partial charge in [0, 0.05) is 0 Å². The van der Waals surface area contributed by atoms with Crippen LogP contribution in [0.5, 0.6) is 0 Å². The van der Waals surface area contributed by atoms with E-state index in [1.807, 2.05) is 0 Å². The molecule has 0 atom stereocenters. The van der Waals surface area contributed by atoms with Crippen LogP contribution in [0.1, 0.15) is 0 Å². The summed E-state index contributed by atoms with van der Waals surface area (Å²) in [4.78, 5) is 0. The summed E-state index contributed by atoms with van der Waals surface area (Å²) in [5, 5.41) is 24.3. The second-order valence-corrected chi connectivity index (χ2v) is 31.8. The number of fused-ring (bicyclic) bond motifs is 3. The molecule has 6 heteroatoms. The monoisotopic (exact) mass is 1400 g/mol. The van der Waals surface area contributed by atoms with E-state index in [1.54, 1.807) is 0 Å². The topological polar surface area (TPSA) is 0 Å². The van der Waals surface area contributed by atoms with E-state index in [-0.39, 0.29) is 50.9 Å². The first-order chi connectivity index (χ1) is 43.2. The number of halogens is 3. The zero-order valence-electron chi connectivity index (χ0n) is 49.6. The van der Waals surface area contributed by atoms with Gasteiger partial charge in [-0.05, 0) is 178 Å². The highest BCUT2D eigenvalue weighted by Crippen LogP contribution is 2.57. The van der Waals surface area contributed by atoms with Crippen molar-refractivity contribution in [2.75, 3.05) is 0 Å². The Morgan fingerprint density at radius 1 is 0.111 bits per heavy atom. The maximum Gasteiger partial charge on any atom is 0.144 e. The maximum absolute atomic E-state index is 2.40. The molecule has 438 valence electrons. The fourth-order valence-electron chi connectivity index (χ4n) is 12.7. The Hall–Kier alpha value is -8.19. The van der Waals surface area contributed by atoms with Gasteiger partial charge >= 0.3 is 0 Å². The van der Waals surface area contributed by atoms with Gasteiger partial charge in [-0.3, -0.25) is 0 Å². The Balaban J connectivity index is 0.000000146. The second kappa shape index (κ2) is 30.5. The minimum absolute atomic E-state index is 0. The van der Waals surface area contributed by atoms with E-state index in [1.165, 1.54) is 96.0 Å². The Bertz CT molecular complexity index is 3890. The fraction of sp³-hybridized carbons (Fsp3) is 0. The third-order valence-electron chi connectivity index (χ3n) is 16.7. The van der Waals surface area contributed by atoms with Crippen LogP contribution in [-0.4, -0.2) is 0 Å². The molecule has 0 fully saturated rings. The van der Waals surface area contributed by atoms with E-state index < -0.39 is 21.8 Å². The Morgan fingerprint density at radius 3 is 0.400 bits per heavy atom. The standard InChI is InChI=1S/3C28H22P.3BrH/c3*1-4-14-25(15-5-1)29(26-16-6-2-7-17-26,27-18-8-3-9-19-27)28-21-20-23-12-10-11-13-24(23)22-28;;;/h3*1-22H;3*1H/q3*+1;;;/p-3. The molecular weight excluding hydrogens is 1340 g/mol. The lowest BCUT2D eigenvalue weighted by Crippen LogP contribution is -3.00. The molecule has 0 aliphatic carbocycles. The molecule has 0 radical (unpaired) electrons. The maximum atomic E-state index is 2.40. The average Bonchev–Trinajstić information content (AvgIpc) is 0.767. The first kappa shape index (κ1) is 64.8.